The van der Waals surface area contributed by atoms with Crippen molar-refractivity contribution in [2.24, 2.45) is 7.05 Å². The summed E-state index contributed by atoms with van der Waals surface area (Å²) >= 11 is 3.27. The molecule has 4 nitrogen and oxygen atoms in total. The Morgan fingerprint density at radius 2 is 2.17 bits per heavy atom. The number of halogens is 2. The highest BCUT2D eigenvalue weighted by Crippen LogP contribution is 2.32. The molecule has 1 N–H and O–H groups in total. The molecule has 1 heterocycles. The van der Waals surface area contributed by atoms with Crippen molar-refractivity contribution in [3.05, 3.63) is 39.7 Å². The molecule has 0 bridgehead atoms. The van der Waals surface area contributed by atoms with Crippen LogP contribution in [0.2, 0.25) is 0 Å². The first-order valence-electron chi connectivity index (χ1n) is 5.14. The number of carboxylic acid groups (broad SMARTS) is 1. The molecule has 0 amide bonds. The molecule has 0 aliphatic rings. The SMILES string of the molecule is Cc1ccc(Br)c(-c2cc(C(=O)O)nn2C)c1F. The van der Waals surface area contributed by atoms with Gasteiger partial charge in [0.05, 0.1) is 11.3 Å². The predicted molar refractivity (Wildman–Crippen MR) is 68.0 cm³/mol. The van der Waals surface area contributed by atoms with Crippen LogP contribution in [-0.4, -0.2) is 20.9 Å². The number of aryl methyl sites for hydroxylation is 2. The summed E-state index contributed by atoms with van der Waals surface area (Å²) in [5, 5.41) is 12.7. The number of rotatable bonds is 2. The molecular formula is C12H10BrFN2O2. The fourth-order valence-electron chi connectivity index (χ4n) is 1.70. The van der Waals surface area contributed by atoms with Gasteiger partial charge in [0, 0.05) is 11.5 Å². The van der Waals surface area contributed by atoms with Gasteiger partial charge in [-0.2, -0.15) is 5.10 Å². The first-order chi connectivity index (χ1) is 8.41. The number of benzene rings is 1. The molecule has 18 heavy (non-hydrogen) atoms. The van der Waals surface area contributed by atoms with Gasteiger partial charge in [0.15, 0.2) is 5.69 Å². The molecule has 0 aliphatic heterocycles. The predicted octanol–water partition coefficient (Wildman–Crippen LogP) is 3.00. The molecule has 94 valence electrons. The van der Waals surface area contributed by atoms with Gasteiger partial charge in [0.2, 0.25) is 0 Å². The summed E-state index contributed by atoms with van der Waals surface area (Å²) in [6.45, 7) is 1.65. The molecule has 0 saturated heterocycles. The van der Waals surface area contributed by atoms with Crippen molar-refractivity contribution in [1.29, 1.82) is 0 Å². The van der Waals surface area contributed by atoms with Crippen molar-refractivity contribution < 1.29 is 14.3 Å². The normalized spacial score (nSPS) is 10.7. The number of hydrogen-bond acceptors (Lipinski definition) is 2. The van der Waals surface area contributed by atoms with E-state index in [1.807, 2.05) is 0 Å². The lowest BCUT2D eigenvalue weighted by Crippen LogP contribution is -2.00. The van der Waals surface area contributed by atoms with Crippen LogP contribution in [0, 0.1) is 12.7 Å². The second-order valence-electron chi connectivity index (χ2n) is 3.90. The van der Waals surface area contributed by atoms with E-state index < -0.39 is 5.97 Å². The Labute approximate surface area is 111 Å². The second kappa shape index (κ2) is 4.53. The minimum atomic E-state index is -1.14. The van der Waals surface area contributed by atoms with Gasteiger partial charge < -0.3 is 5.11 Å². The molecule has 0 fully saturated rings. The molecule has 0 atom stereocenters. The van der Waals surface area contributed by atoms with Gasteiger partial charge in [-0.05, 0) is 40.5 Å². The van der Waals surface area contributed by atoms with Gasteiger partial charge in [0.1, 0.15) is 5.82 Å². The Hall–Kier alpha value is -1.69. The highest BCUT2D eigenvalue weighted by atomic mass is 79.9. The lowest BCUT2D eigenvalue weighted by atomic mass is 10.1. The van der Waals surface area contributed by atoms with E-state index >= 15 is 0 Å². The molecule has 0 unspecified atom stereocenters. The van der Waals surface area contributed by atoms with E-state index in [4.69, 9.17) is 5.11 Å². The van der Waals surface area contributed by atoms with Crippen LogP contribution in [-0.2, 0) is 7.05 Å². The van der Waals surface area contributed by atoms with E-state index in [0.29, 0.717) is 21.3 Å². The number of aromatic carboxylic acids is 1. The molecule has 0 saturated carbocycles. The summed E-state index contributed by atoms with van der Waals surface area (Å²) in [6.07, 6.45) is 0. The fraction of sp³-hybridized carbons (Fsp3) is 0.167. The van der Waals surface area contributed by atoms with Crippen LogP contribution in [0.25, 0.3) is 11.3 Å². The Morgan fingerprint density at radius 1 is 1.50 bits per heavy atom. The van der Waals surface area contributed by atoms with E-state index in [2.05, 4.69) is 21.0 Å². The molecule has 6 heteroatoms. The summed E-state index contributed by atoms with van der Waals surface area (Å²) in [6, 6.07) is 4.73. The van der Waals surface area contributed by atoms with Crippen molar-refractivity contribution in [2.75, 3.05) is 0 Å². The van der Waals surface area contributed by atoms with E-state index in [1.54, 1.807) is 26.1 Å². The van der Waals surface area contributed by atoms with Gasteiger partial charge in [-0.25, -0.2) is 9.18 Å². The van der Waals surface area contributed by atoms with Gasteiger partial charge in [-0.1, -0.05) is 6.07 Å². The third-order valence-corrected chi connectivity index (χ3v) is 3.30. The number of nitrogens with zero attached hydrogens (tertiary/aromatic N) is 2. The molecule has 2 rings (SSSR count). The van der Waals surface area contributed by atoms with Crippen molar-refractivity contribution in [1.82, 2.24) is 9.78 Å². The monoisotopic (exact) mass is 312 g/mol. The Bertz CT molecular complexity index is 637. The van der Waals surface area contributed by atoms with Gasteiger partial charge in [-0.15, -0.1) is 0 Å². The van der Waals surface area contributed by atoms with Crippen LogP contribution >= 0.6 is 15.9 Å². The van der Waals surface area contributed by atoms with Gasteiger partial charge in [0.25, 0.3) is 0 Å². The zero-order chi connectivity index (χ0) is 13.4. The third kappa shape index (κ3) is 2.03. The maximum absolute atomic E-state index is 14.1. The number of hydrogen-bond donors (Lipinski definition) is 1. The largest absolute Gasteiger partial charge is 0.476 e. The zero-order valence-electron chi connectivity index (χ0n) is 9.74. The lowest BCUT2D eigenvalue weighted by Gasteiger charge is -2.08. The summed E-state index contributed by atoms with van der Waals surface area (Å²) in [5.74, 6) is -1.52. The van der Waals surface area contributed by atoms with Crippen LogP contribution in [0.1, 0.15) is 16.1 Å². The number of aromatic nitrogens is 2. The lowest BCUT2D eigenvalue weighted by molar-refractivity contribution is 0.0689. The molecule has 0 spiro atoms. The molecule has 0 aliphatic carbocycles. The average molecular weight is 313 g/mol. The Kier molecular flexibility index (Phi) is 3.21. The second-order valence-corrected chi connectivity index (χ2v) is 4.75. The summed E-state index contributed by atoms with van der Waals surface area (Å²) in [4.78, 5) is 10.9. The zero-order valence-corrected chi connectivity index (χ0v) is 11.3. The number of carboxylic acids is 1. The van der Waals surface area contributed by atoms with Crippen molar-refractivity contribution >= 4 is 21.9 Å². The topological polar surface area (TPSA) is 55.1 Å². The molecule has 1 aromatic carbocycles. The summed E-state index contributed by atoms with van der Waals surface area (Å²) in [5.41, 5.74) is 1.12. The quantitative estimate of drug-likeness (QED) is 0.927. The Morgan fingerprint density at radius 3 is 2.72 bits per heavy atom. The smallest absolute Gasteiger partial charge is 0.356 e. The molecule has 1 aromatic heterocycles. The van der Waals surface area contributed by atoms with Crippen molar-refractivity contribution in [2.45, 2.75) is 6.92 Å². The maximum atomic E-state index is 14.1. The summed E-state index contributed by atoms with van der Waals surface area (Å²) < 4.78 is 16.0. The van der Waals surface area contributed by atoms with E-state index in [-0.39, 0.29) is 11.5 Å². The van der Waals surface area contributed by atoms with Crippen LogP contribution in [0.3, 0.4) is 0 Å². The van der Waals surface area contributed by atoms with Gasteiger partial charge >= 0.3 is 5.97 Å². The minimum absolute atomic E-state index is 0.111. The van der Waals surface area contributed by atoms with Crippen LogP contribution in [0.5, 0.6) is 0 Å². The minimum Gasteiger partial charge on any atom is -0.476 e. The molecule has 2 aromatic rings. The van der Waals surface area contributed by atoms with Crippen LogP contribution in [0.4, 0.5) is 4.39 Å². The third-order valence-electron chi connectivity index (χ3n) is 2.64. The van der Waals surface area contributed by atoms with E-state index in [9.17, 15) is 9.18 Å². The van der Waals surface area contributed by atoms with Gasteiger partial charge in [-0.3, -0.25) is 4.68 Å². The Balaban J connectivity index is 2.69. The van der Waals surface area contributed by atoms with Crippen LogP contribution in [0.15, 0.2) is 22.7 Å². The van der Waals surface area contributed by atoms with E-state index in [1.165, 1.54) is 10.7 Å². The summed E-state index contributed by atoms with van der Waals surface area (Å²) in [7, 11) is 1.58. The highest BCUT2D eigenvalue weighted by molar-refractivity contribution is 9.10. The standard InChI is InChI=1S/C12H10BrFN2O2/c1-6-3-4-7(13)10(11(6)14)9-5-8(12(17)18)15-16(9)2/h3-5H,1-2H3,(H,17,18). The highest BCUT2D eigenvalue weighted by Gasteiger charge is 2.18. The van der Waals surface area contributed by atoms with Crippen LogP contribution < -0.4 is 0 Å². The van der Waals surface area contributed by atoms with Crippen molar-refractivity contribution in [3.8, 4) is 11.3 Å². The fourth-order valence-corrected chi connectivity index (χ4v) is 2.21. The maximum Gasteiger partial charge on any atom is 0.356 e. The molecule has 0 radical (unpaired) electrons. The first-order valence-corrected chi connectivity index (χ1v) is 5.93. The number of carbonyl (C=O) groups is 1. The van der Waals surface area contributed by atoms with E-state index in [0.717, 1.165) is 0 Å². The molecular weight excluding hydrogens is 303 g/mol. The first kappa shape index (κ1) is 12.8. The average Bonchev–Trinajstić information content (AvgIpc) is 2.67. The van der Waals surface area contributed by atoms with Crippen molar-refractivity contribution in [3.63, 3.8) is 0 Å².